The summed E-state index contributed by atoms with van der Waals surface area (Å²) in [5.41, 5.74) is -1.59. The largest absolute Gasteiger partial charge is 0.503 e. The monoisotopic (exact) mass is 579 g/mol. The van der Waals surface area contributed by atoms with Crippen LogP contribution in [0.2, 0.25) is 0 Å². The van der Waals surface area contributed by atoms with Crippen molar-refractivity contribution in [3.8, 4) is 5.75 Å². The molecule has 2 aromatic carbocycles. The predicted octanol–water partition coefficient (Wildman–Crippen LogP) is 3.60. The summed E-state index contributed by atoms with van der Waals surface area (Å²) in [6.45, 7) is 3.36. The molecule has 42 heavy (non-hydrogen) atoms. The van der Waals surface area contributed by atoms with E-state index in [4.69, 9.17) is 9.47 Å². The summed E-state index contributed by atoms with van der Waals surface area (Å²) in [7, 11) is 0. The van der Waals surface area contributed by atoms with Gasteiger partial charge in [0, 0.05) is 37.3 Å². The first-order valence-corrected chi connectivity index (χ1v) is 13.9. The van der Waals surface area contributed by atoms with Crippen LogP contribution in [0.25, 0.3) is 0 Å². The third kappa shape index (κ3) is 4.76. The van der Waals surface area contributed by atoms with Gasteiger partial charge in [0.25, 0.3) is 11.8 Å². The van der Waals surface area contributed by atoms with E-state index in [0.717, 1.165) is 17.7 Å². The molecule has 3 aliphatic heterocycles. The van der Waals surface area contributed by atoms with Gasteiger partial charge in [0.05, 0.1) is 12.6 Å². The van der Waals surface area contributed by atoms with Crippen molar-refractivity contribution in [3.63, 3.8) is 0 Å². The van der Waals surface area contributed by atoms with E-state index in [1.807, 2.05) is 37.3 Å². The van der Waals surface area contributed by atoms with E-state index in [9.17, 15) is 28.3 Å². The van der Waals surface area contributed by atoms with E-state index in [-0.39, 0.29) is 30.5 Å². The summed E-state index contributed by atoms with van der Waals surface area (Å²) in [5, 5.41) is 13.4. The van der Waals surface area contributed by atoms with Crippen LogP contribution in [0.1, 0.15) is 63.3 Å². The quantitative estimate of drug-likeness (QED) is 0.478. The number of aryl methyl sites for hydroxylation is 1. The van der Waals surface area contributed by atoms with Crippen molar-refractivity contribution in [2.24, 2.45) is 0 Å². The van der Waals surface area contributed by atoms with Gasteiger partial charge in [0.2, 0.25) is 5.43 Å². The van der Waals surface area contributed by atoms with E-state index in [2.05, 4.69) is 5.32 Å². The Labute approximate surface area is 240 Å². The molecule has 4 atom stereocenters. The highest BCUT2D eigenvalue weighted by Gasteiger charge is 2.54. The van der Waals surface area contributed by atoms with Crippen LogP contribution in [0.3, 0.4) is 0 Å². The Morgan fingerprint density at radius 3 is 2.60 bits per heavy atom. The zero-order valence-electron chi connectivity index (χ0n) is 23.2. The number of ether oxygens (including phenoxy) is 2. The number of nitrogens with one attached hydrogen (secondary N) is 1. The first-order valence-electron chi connectivity index (χ1n) is 13.9. The van der Waals surface area contributed by atoms with Gasteiger partial charge >= 0.3 is 0 Å². The minimum Gasteiger partial charge on any atom is -0.503 e. The van der Waals surface area contributed by atoms with E-state index >= 15 is 0 Å². The first-order chi connectivity index (χ1) is 20.1. The SMILES string of the molecule is Cc1cc(F)c(CNC(=O)c2cn3c(c(O)c2=O)C(=O)N2C[C@@H]3[C@]3(CC[C@@H]2C)CO[C@H](Cc2ccccc2)O3)c(F)c1. The van der Waals surface area contributed by atoms with E-state index in [0.29, 0.717) is 24.8 Å². The van der Waals surface area contributed by atoms with Crippen molar-refractivity contribution < 1.29 is 33.0 Å². The fraction of sp³-hybridized carbons (Fsp3) is 0.387. The lowest BCUT2D eigenvalue weighted by Crippen LogP contribution is -2.53. The van der Waals surface area contributed by atoms with Gasteiger partial charge in [-0.15, -0.1) is 0 Å². The van der Waals surface area contributed by atoms with Crippen LogP contribution in [0.15, 0.2) is 53.5 Å². The molecule has 220 valence electrons. The summed E-state index contributed by atoms with van der Waals surface area (Å²) in [6, 6.07) is 11.3. The van der Waals surface area contributed by atoms with Crippen molar-refractivity contribution in [1.29, 1.82) is 0 Å². The highest BCUT2D eigenvalue weighted by molar-refractivity contribution is 5.99. The van der Waals surface area contributed by atoms with Crippen molar-refractivity contribution in [2.45, 2.75) is 63.6 Å². The maximum atomic E-state index is 14.4. The summed E-state index contributed by atoms with van der Waals surface area (Å²) < 4.78 is 42.9. The number of benzene rings is 2. The van der Waals surface area contributed by atoms with Crippen molar-refractivity contribution >= 4 is 11.8 Å². The van der Waals surface area contributed by atoms with Crippen LogP contribution in [0, 0.1) is 18.6 Å². The average Bonchev–Trinajstić information content (AvgIpc) is 3.31. The summed E-state index contributed by atoms with van der Waals surface area (Å²) in [5.74, 6) is -4.00. The molecule has 0 aliphatic carbocycles. The smallest absolute Gasteiger partial charge is 0.274 e. The number of hydrogen-bond acceptors (Lipinski definition) is 6. The standard InChI is InChI=1S/C31H31F2N3O6/c1-17-10-22(32)20(23(33)11-17)13-34-29(39)21-14-36-24-15-35(30(40)26(36)28(38)27(21)37)18(2)8-9-31(24)16-41-25(42-31)12-19-6-4-3-5-7-19/h3-7,10-11,14,18,24-25,38H,8-9,12-13,15-16H2,1-2H3,(H,34,39)/t18-,24+,25-,31-/m0/s1. The molecule has 11 heteroatoms. The maximum Gasteiger partial charge on any atom is 0.274 e. The number of nitrogens with zero attached hydrogens (tertiary/aromatic N) is 2. The molecule has 0 unspecified atom stereocenters. The van der Waals surface area contributed by atoms with Gasteiger partial charge in [-0.05, 0) is 49.9 Å². The topological polar surface area (TPSA) is 110 Å². The van der Waals surface area contributed by atoms with Crippen LogP contribution in [-0.4, -0.2) is 57.5 Å². The van der Waals surface area contributed by atoms with Gasteiger partial charge in [0.15, 0.2) is 17.7 Å². The molecule has 2 bridgehead atoms. The van der Waals surface area contributed by atoms with E-state index < -0.39 is 64.7 Å². The minimum absolute atomic E-state index is 0.193. The fourth-order valence-electron chi connectivity index (χ4n) is 6.25. The second-order valence-corrected chi connectivity index (χ2v) is 11.3. The summed E-state index contributed by atoms with van der Waals surface area (Å²) >= 11 is 0. The number of halogens is 2. The number of aromatic nitrogens is 1. The molecule has 3 aliphatic rings. The normalized spacial score (nSPS) is 24.9. The molecule has 2 N–H and O–H groups in total. The van der Waals surface area contributed by atoms with E-state index in [1.54, 1.807) is 4.90 Å². The lowest BCUT2D eigenvalue weighted by atomic mass is 9.88. The number of pyridine rings is 1. The lowest BCUT2D eigenvalue weighted by molar-refractivity contribution is -0.108. The summed E-state index contributed by atoms with van der Waals surface area (Å²) in [6.07, 6.45) is 2.33. The lowest BCUT2D eigenvalue weighted by Gasteiger charge is -2.42. The van der Waals surface area contributed by atoms with Gasteiger partial charge in [-0.3, -0.25) is 14.4 Å². The van der Waals surface area contributed by atoms with Crippen molar-refractivity contribution in [2.75, 3.05) is 13.2 Å². The predicted molar refractivity (Wildman–Crippen MR) is 147 cm³/mol. The zero-order valence-corrected chi connectivity index (χ0v) is 23.2. The fourth-order valence-corrected chi connectivity index (χ4v) is 6.25. The molecule has 2 fully saturated rings. The van der Waals surface area contributed by atoms with Crippen LogP contribution >= 0.6 is 0 Å². The molecule has 4 heterocycles. The van der Waals surface area contributed by atoms with Crippen molar-refractivity contribution in [1.82, 2.24) is 14.8 Å². The van der Waals surface area contributed by atoms with Crippen LogP contribution < -0.4 is 10.7 Å². The first kappa shape index (κ1) is 28.0. The Balaban J connectivity index is 1.35. The van der Waals surface area contributed by atoms with Crippen LogP contribution in [-0.2, 0) is 22.4 Å². The highest BCUT2D eigenvalue weighted by atomic mass is 19.1. The van der Waals surface area contributed by atoms with Gasteiger partial charge in [0.1, 0.15) is 22.8 Å². The summed E-state index contributed by atoms with van der Waals surface area (Å²) in [4.78, 5) is 41.5. The minimum atomic E-state index is -1.05. The molecule has 2 amide bonds. The molecule has 9 nitrogen and oxygen atoms in total. The third-order valence-corrected chi connectivity index (χ3v) is 8.58. The molecular weight excluding hydrogens is 548 g/mol. The number of carbonyl (C=O) groups is 2. The van der Waals surface area contributed by atoms with Crippen LogP contribution in [0.5, 0.6) is 5.75 Å². The highest BCUT2D eigenvalue weighted by Crippen LogP contribution is 2.45. The Bertz CT molecular complexity index is 1600. The molecular formula is C31H31F2N3O6. The van der Waals surface area contributed by atoms with Gasteiger partial charge < -0.3 is 29.4 Å². The Kier molecular flexibility index (Phi) is 7.10. The molecule has 3 aromatic rings. The number of rotatable bonds is 5. The molecule has 1 spiro atoms. The second-order valence-electron chi connectivity index (χ2n) is 11.3. The maximum absolute atomic E-state index is 14.4. The number of fused-ring (bicyclic) bond motifs is 5. The van der Waals surface area contributed by atoms with Crippen LogP contribution in [0.4, 0.5) is 8.78 Å². The molecule has 6 rings (SSSR count). The average molecular weight is 580 g/mol. The molecule has 0 saturated carbocycles. The van der Waals surface area contributed by atoms with Gasteiger partial charge in [-0.25, -0.2) is 8.78 Å². The second kappa shape index (κ2) is 10.6. The number of carbonyl (C=O) groups excluding carboxylic acids is 2. The number of amides is 2. The Morgan fingerprint density at radius 2 is 1.88 bits per heavy atom. The Hall–Kier alpha value is -4.09. The molecule has 0 radical (unpaired) electrons. The zero-order chi connectivity index (χ0) is 29.8. The van der Waals surface area contributed by atoms with Gasteiger partial charge in [-0.1, -0.05) is 30.3 Å². The van der Waals surface area contributed by atoms with Gasteiger partial charge in [-0.2, -0.15) is 0 Å². The number of hydrogen-bond donors (Lipinski definition) is 2. The molecule has 2 saturated heterocycles. The van der Waals surface area contributed by atoms with E-state index in [1.165, 1.54) is 17.7 Å². The number of aromatic hydroxyl groups is 1. The third-order valence-electron chi connectivity index (χ3n) is 8.58. The van der Waals surface area contributed by atoms with Crippen molar-refractivity contribution in [3.05, 3.63) is 98.5 Å². The Morgan fingerprint density at radius 1 is 1.17 bits per heavy atom. The molecule has 1 aromatic heterocycles.